The second-order valence-corrected chi connectivity index (χ2v) is 8.24. The average Bonchev–Trinajstić information content (AvgIpc) is 3.12. The second-order valence-electron chi connectivity index (χ2n) is 6.72. The van der Waals surface area contributed by atoms with Gasteiger partial charge < -0.3 is 0 Å². The molecule has 160 valence electrons. The van der Waals surface area contributed by atoms with Gasteiger partial charge in [-0.25, -0.2) is 9.97 Å². The Morgan fingerprint density at radius 1 is 1.03 bits per heavy atom. The highest BCUT2D eigenvalue weighted by Gasteiger charge is 2.26. The maximum Gasteiger partial charge on any atom is 0.389 e. The van der Waals surface area contributed by atoms with Crippen molar-refractivity contribution in [3.05, 3.63) is 70.0 Å². The van der Waals surface area contributed by atoms with E-state index >= 15 is 0 Å². The minimum atomic E-state index is -4.20. The summed E-state index contributed by atoms with van der Waals surface area (Å²) in [4.78, 5) is 24.3. The van der Waals surface area contributed by atoms with Crippen LogP contribution in [0.2, 0.25) is 5.02 Å². The number of H-pyrrole nitrogens is 1. The molecule has 0 bridgehead atoms. The van der Waals surface area contributed by atoms with E-state index in [1.54, 1.807) is 28.8 Å². The molecule has 1 N–H and O–H groups in total. The molecular weight excluding hydrogens is 449 g/mol. The van der Waals surface area contributed by atoms with Gasteiger partial charge in [-0.05, 0) is 42.8 Å². The number of fused-ring (bicyclic) bond motifs is 1. The molecule has 0 saturated heterocycles. The molecule has 0 spiro atoms. The number of nitrogens with one attached hydrogen (secondary N) is 1. The summed E-state index contributed by atoms with van der Waals surface area (Å²) in [7, 11) is 0. The molecular formula is C21H16ClF3N4OS. The van der Waals surface area contributed by atoms with E-state index < -0.39 is 18.2 Å². The van der Waals surface area contributed by atoms with Crippen LogP contribution in [0.15, 0.2) is 64.5 Å². The molecule has 2 aromatic heterocycles. The minimum absolute atomic E-state index is 0.0656. The molecule has 4 aromatic rings. The Balaban J connectivity index is 1.79. The van der Waals surface area contributed by atoms with Crippen LogP contribution in [0, 0.1) is 0 Å². The van der Waals surface area contributed by atoms with Gasteiger partial charge in [0.1, 0.15) is 5.82 Å². The van der Waals surface area contributed by atoms with Crippen molar-refractivity contribution < 1.29 is 13.2 Å². The standard InChI is InChI=1S/C21H16ClF3N4OS/c22-14-9-7-13(8-10-14)17-26-16-18(29(17)15-5-2-1-3-6-15)27-20(28-19(16)30)31-12-4-11-21(23,24)25/h1-3,5-10H,4,11-12H2,(H,27,28,30). The van der Waals surface area contributed by atoms with Gasteiger partial charge in [0.05, 0.1) is 0 Å². The summed E-state index contributed by atoms with van der Waals surface area (Å²) in [5, 5.41) is 0.819. The monoisotopic (exact) mass is 464 g/mol. The number of aromatic nitrogens is 4. The van der Waals surface area contributed by atoms with Crippen molar-refractivity contribution in [2.24, 2.45) is 0 Å². The summed E-state index contributed by atoms with van der Waals surface area (Å²) < 4.78 is 38.9. The number of para-hydroxylation sites is 1. The first-order valence-electron chi connectivity index (χ1n) is 9.35. The molecule has 0 radical (unpaired) electrons. The molecule has 2 aromatic carbocycles. The number of halogens is 4. The maximum atomic E-state index is 12.7. The van der Waals surface area contributed by atoms with Crippen LogP contribution in [0.1, 0.15) is 12.8 Å². The van der Waals surface area contributed by atoms with Gasteiger partial charge in [-0.15, -0.1) is 0 Å². The smallest absolute Gasteiger partial charge is 0.299 e. The lowest BCUT2D eigenvalue weighted by Crippen LogP contribution is -2.11. The lowest BCUT2D eigenvalue weighted by molar-refractivity contribution is -0.134. The fourth-order valence-electron chi connectivity index (χ4n) is 3.07. The Morgan fingerprint density at radius 2 is 1.74 bits per heavy atom. The Bertz CT molecular complexity index is 1250. The molecule has 0 aliphatic carbocycles. The second kappa shape index (κ2) is 8.76. The highest BCUT2D eigenvalue weighted by Crippen LogP contribution is 2.29. The average molecular weight is 465 g/mol. The van der Waals surface area contributed by atoms with Crippen LogP contribution in [-0.4, -0.2) is 31.4 Å². The summed E-state index contributed by atoms with van der Waals surface area (Å²) in [6.45, 7) is 0. The molecule has 4 rings (SSSR count). The molecule has 0 amide bonds. The van der Waals surface area contributed by atoms with Crippen molar-refractivity contribution in [1.82, 2.24) is 19.5 Å². The molecule has 0 saturated carbocycles. The third-order valence-electron chi connectivity index (χ3n) is 4.46. The van der Waals surface area contributed by atoms with Crippen molar-refractivity contribution in [2.75, 3.05) is 5.75 Å². The van der Waals surface area contributed by atoms with Gasteiger partial charge in [-0.3, -0.25) is 14.3 Å². The van der Waals surface area contributed by atoms with Gasteiger partial charge in [0, 0.05) is 28.4 Å². The third-order valence-corrected chi connectivity index (χ3v) is 5.67. The predicted octanol–water partition coefficient (Wildman–Crippen LogP) is 5.86. The first-order valence-corrected chi connectivity index (χ1v) is 10.7. The molecule has 31 heavy (non-hydrogen) atoms. The van der Waals surface area contributed by atoms with Crippen LogP contribution < -0.4 is 5.56 Å². The zero-order chi connectivity index (χ0) is 22.0. The van der Waals surface area contributed by atoms with E-state index in [0.29, 0.717) is 16.5 Å². The number of alkyl halides is 3. The lowest BCUT2D eigenvalue weighted by atomic mass is 10.2. The quantitative estimate of drug-likeness (QED) is 0.220. The number of rotatable bonds is 6. The third kappa shape index (κ3) is 4.94. The van der Waals surface area contributed by atoms with Gasteiger partial charge >= 0.3 is 6.18 Å². The van der Waals surface area contributed by atoms with E-state index in [2.05, 4.69) is 15.0 Å². The van der Waals surface area contributed by atoms with E-state index in [1.165, 1.54) is 0 Å². The molecule has 0 aliphatic rings. The largest absolute Gasteiger partial charge is 0.389 e. The predicted molar refractivity (Wildman–Crippen MR) is 116 cm³/mol. The molecule has 5 nitrogen and oxygen atoms in total. The van der Waals surface area contributed by atoms with E-state index in [4.69, 9.17) is 11.6 Å². The summed E-state index contributed by atoms with van der Waals surface area (Å²) in [6.07, 6.45) is -5.15. The van der Waals surface area contributed by atoms with Crippen LogP contribution in [0.3, 0.4) is 0 Å². The van der Waals surface area contributed by atoms with Crippen molar-refractivity contribution in [3.8, 4) is 17.1 Å². The normalized spacial score (nSPS) is 11.9. The number of nitrogens with zero attached hydrogens (tertiary/aromatic N) is 3. The Hall–Kier alpha value is -2.78. The first-order chi connectivity index (χ1) is 14.8. The number of imidazole rings is 1. The minimum Gasteiger partial charge on any atom is -0.299 e. The fraction of sp³-hybridized carbons (Fsp3) is 0.190. The van der Waals surface area contributed by atoms with Crippen molar-refractivity contribution in [2.45, 2.75) is 24.2 Å². The highest BCUT2D eigenvalue weighted by molar-refractivity contribution is 7.99. The maximum absolute atomic E-state index is 12.7. The molecule has 10 heteroatoms. The molecule has 0 unspecified atom stereocenters. The van der Waals surface area contributed by atoms with E-state index in [0.717, 1.165) is 23.0 Å². The van der Waals surface area contributed by atoms with Gasteiger partial charge in [-0.2, -0.15) is 13.2 Å². The van der Waals surface area contributed by atoms with Gasteiger partial charge in [0.15, 0.2) is 16.3 Å². The molecule has 0 atom stereocenters. The van der Waals surface area contributed by atoms with Crippen LogP contribution in [0.5, 0.6) is 0 Å². The van der Waals surface area contributed by atoms with Crippen molar-refractivity contribution in [3.63, 3.8) is 0 Å². The van der Waals surface area contributed by atoms with Crippen molar-refractivity contribution in [1.29, 1.82) is 0 Å². The molecule has 2 heterocycles. The summed E-state index contributed by atoms with van der Waals surface area (Å²) >= 11 is 7.08. The van der Waals surface area contributed by atoms with Crippen LogP contribution in [0.25, 0.3) is 28.2 Å². The lowest BCUT2D eigenvalue weighted by Gasteiger charge is -2.09. The van der Waals surface area contributed by atoms with Gasteiger partial charge in [-0.1, -0.05) is 41.6 Å². The Kier molecular flexibility index (Phi) is 6.06. The molecule has 0 aliphatic heterocycles. The summed E-state index contributed by atoms with van der Waals surface area (Å²) in [5.41, 5.74) is 1.52. The van der Waals surface area contributed by atoms with Crippen molar-refractivity contribution >= 4 is 34.5 Å². The zero-order valence-electron chi connectivity index (χ0n) is 16.0. The van der Waals surface area contributed by atoms with Crippen LogP contribution >= 0.6 is 23.4 Å². The Labute approximate surface area is 184 Å². The summed E-state index contributed by atoms with van der Waals surface area (Å²) in [5.74, 6) is 0.687. The number of hydrogen-bond acceptors (Lipinski definition) is 4. The van der Waals surface area contributed by atoms with E-state index in [9.17, 15) is 18.0 Å². The zero-order valence-corrected chi connectivity index (χ0v) is 17.6. The number of hydrogen-bond donors (Lipinski definition) is 1. The number of benzene rings is 2. The SMILES string of the molecule is O=c1[nH]c(SCCCC(F)(F)F)nc2c1nc(-c1ccc(Cl)cc1)n2-c1ccccc1. The van der Waals surface area contributed by atoms with Gasteiger partial charge in [0.25, 0.3) is 5.56 Å². The number of aromatic amines is 1. The first kappa shape index (κ1) is 21.5. The molecule has 0 fully saturated rings. The van der Waals surface area contributed by atoms with Crippen LogP contribution in [0.4, 0.5) is 13.2 Å². The Morgan fingerprint density at radius 3 is 2.42 bits per heavy atom. The topological polar surface area (TPSA) is 63.6 Å². The van der Waals surface area contributed by atoms with E-state index in [1.807, 2.05) is 30.3 Å². The number of thioether (sulfide) groups is 1. The fourth-order valence-corrected chi connectivity index (χ4v) is 4.00. The highest BCUT2D eigenvalue weighted by atomic mass is 35.5. The summed E-state index contributed by atoms with van der Waals surface area (Å²) in [6, 6.07) is 16.3. The van der Waals surface area contributed by atoms with Gasteiger partial charge in [0.2, 0.25) is 0 Å². The van der Waals surface area contributed by atoms with E-state index in [-0.39, 0.29) is 22.8 Å². The van der Waals surface area contributed by atoms with Crippen LogP contribution in [-0.2, 0) is 0 Å².